The molecule has 1 aromatic carbocycles. The van der Waals surface area contributed by atoms with Crippen LogP contribution in [0.4, 0.5) is 10.5 Å². The molecule has 0 unspecified atom stereocenters. The van der Waals surface area contributed by atoms with Gasteiger partial charge in [-0.25, -0.2) is 14.3 Å². The van der Waals surface area contributed by atoms with Crippen molar-refractivity contribution in [1.82, 2.24) is 19.5 Å². The zero-order chi connectivity index (χ0) is 17.4. The summed E-state index contributed by atoms with van der Waals surface area (Å²) < 4.78 is 1.40. The van der Waals surface area contributed by atoms with E-state index in [1.807, 2.05) is 30.5 Å². The van der Waals surface area contributed by atoms with Crippen molar-refractivity contribution in [3.8, 4) is 0 Å². The lowest BCUT2D eigenvalue weighted by atomic mass is 10.1. The second-order valence-corrected chi connectivity index (χ2v) is 6.71. The van der Waals surface area contributed by atoms with Crippen LogP contribution in [0.2, 0.25) is 0 Å². The van der Waals surface area contributed by atoms with Crippen LogP contribution in [0.1, 0.15) is 11.3 Å². The van der Waals surface area contributed by atoms with Crippen molar-refractivity contribution in [2.24, 2.45) is 0 Å². The van der Waals surface area contributed by atoms with Crippen molar-refractivity contribution >= 4 is 29.1 Å². The molecule has 3 aromatic rings. The van der Waals surface area contributed by atoms with Crippen molar-refractivity contribution in [3.63, 3.8) is 0 Å². The van der Waals surface area contributed by atoms with Gasteiger partial charge in [0.05, 0.1) is 17.8 Å². The Labute approximate surface area is 148 Å². The molecule has 1 aliphatic rings. The zero-order valence-electron chi connectivity index (χ0n) is 13.7. The molecular weight excluding hydrogens is 338 g/mol. The number of urea groups is 1. The zero-order valence-corrected chi connectivity index (χ0v) is 14.5. The Hall–Kier alpha value is -2.74. The maximum absolute atomic E-state index is 12.6. The summed E-state index contributed by atoms with van der Waals surface area (Å²) in [4.78, 5) is 32.4. The number of hydrogen-bond donors (Lipinski definition) is 2. The highest BCUT2D eigenvalue weighted by Gasteiger charge is 2.25. The summed E-state index contributed by atoms with van der Waals surface area (Å²) in [6.07, 6.45) is 4.26. The molecule has 4 rings (SSSR count). The van der Waals surface area contributed by atoms with Crippen LogP contribution in [0.15, 0.2) is 46.2 Å². The molecule has 8 heteroatoms. The molecule has 0 aliphatic carbocycles. The normalized spacial score (nSPS) is 13.7. The predicted octanol–water partition coefficient (Wildman–Crippen LogP) is 2.33. The van der Waals surface area contributed by atoms with Crippen molar-refractivity contribution in [1.29, 1.82) is 0 Å². The van der Waals surface area contributed by atoms with E-state index >= 15 is 0 Å². The Bertz CT molecular complexity index is 992. The van der Waals surface area contributed by atoms with Gasteiger partial charge in [0.15, 0.2) is 5.65 Å². The highest BCUT2D eigenvalue weighted by Crippen LogP contribution is 2.19. The molecule has 0 bridgehead atoms. The summed E-state index contributed by atoms with van der Waals surface area (Å²) >= 11 is 1.65. The van der Waals surface area contributed by atoms with Gasteiger partial charge in [0.1, 0.15) is 0 Å². The minimum absolute atomic E-state index is 0.146. The number of thioether (sulfide) groups is 1. The number of hydrogen-bond acceptors (Lipinski definition) is 4. The lowest BCUT2D eigenvalue weighted by Gasteiger charge is -2.27. The van der Waals surface area contributed by atoms with Crippen LogP contribution in [0.5, 0.6) is 0 Å². The first-order chi connectivity index (χ1) is 12.2. The number of amides is 2. The van der Waals surface area contributed by atoms with Gasteiger partial charge in [-0.3, -0.25) is 9.89 Å². The van der Waals surface area contributed by atoms with Crippen molar-refractivity contribution in [2.75, 3.05) is 18.1 Å². The van der Waals surface area contributed by atoms with Crippen LogP contribution in [-0.4, -0.2) is 38.3 Å². The SMILES string of the molecule is CSc1ccc(NC(=O)N2CCc3nc4cc[nH]n4c(=O)c3C2)cc1. The number of benzene rings is 1. The summed E-state index contributed by atoms with van der Waals surface area (Å²) in [5.74, 6) is 0. The lowest BCUT2D eigenvalue weighted by Crippen LogP contribution is -2.42. The maximum Gasteiger partial charge on any atom is 0.322 e. The second-order valence-electron chi connectivity index (χ2n) is 5.83. The van der Waals surface area contributed by atoms with Crippen LogP contribution in [0, 0.1) is 0 Å². The van der Waals surface area contributed by atoms with E-state index < -0.39 is 0 Å². The fourth-order valence-corrected chi connectivity index (χ4v) is 3.38. The van der Waals surface area contributed by atoms with Crippen LogP contribution in [-0.2, 0) is 13.0 Å². The topological polar surface area (TPSA) is 82.5 Å². The molecule has 0 saturated carbocycles. The molecule has 2 aromatic heterocycles. The third kappa shape index (κ3) is 2.89. The number of anilines is 1. The number of nitrogens with one attached hydrogen (secondary N) is 2. The van der Waals surface area contributed by atoms with Crippen molar-refractivity contribution in [2.45, 2.75) is 17.9 Å². The number of nitrogens with zero attached hydrogens (tertiary/aromatic N) is 3. The Kier molecular flexibility index (Phi) is 3.96. The molecular formula is C17H17N5O2S. The number of rotatable bonds is 2. The van der Waals surface area contributed by atoms with Crippen molar-refractivity contribution < 1.29 is 4.79 Å². The van der Waals surface area contributed by atoms with Gasteiger partial charge in [-0.05, 0) is 30.5 Å². The minimum atomic E-state index is -0.210. The summed E-state index contributed by atoms with van der Waals surface area (Å²) in [7, 11) is 0. The van der Waals surface area contributed by atoms with Gasteiger partial charge in [-0.15, -0.1) is 11.8 Å². The number of fused-ring (bicyclic) bond motifs is 2. The first-order valence-corrected chi connectivity index (χ1v) is 9.16. The predicted molar refractivity (Wildman–Crippen MR) is 97.2 cm³/mol. The van der Waals surface area contributed by atoms with E-state index in [0.717, 1.165) is 16.3 Å². The minimum Gasteiger partial charge on any atom is -0.320 e. The summed E-state index contributed by atoms with van der Waals surface area (Å²) in [5, 5.41) is 5.74. The summed E-state index contributed by atoms with van der Waals surface area (Å²) in [6, 6.07) is 9.23. The number of carbonyl (C=O) groups excluding carboxylic acids is 1. The number of aromatic nitrogens is 3. The molecule has 0 atom stereocenters. The largest absolute Gasteiger partial charge is 0.322 e. The van der Waals surface area contributed by atoms with E-state index in [4.69, 9.17) is 0 Å². The lowest BCUT2D eigenvalue weighted by molar-refractivity contribution is 0.205. The first-order valence-electron chi connectivity index (χ1n) is 7.93. The average molecular weight is 355 g/mol. The molecule has 0 fully saturated rings. The van der Waals surface area contributed by atoms with Crippen LogP contribution >= 0.6 is 11.8 Å². The molecule has 2 N–H and O–H groups in total. The van der Waals surface area contributed by atoms with Crippen LogP contribution in [0.3, 0.4) is 0 Å². The van der Waals surface area contributed by atoms with Crippen LogP contribution < -0.4 is 10.9 Å². The van der Waals surface area contributed by atoms with Gasteiger partial charge in [-0.1, -0.05) is 0 Å². The van der Waals surface area contributed by atoms with Gasteiger partial charge in [0.25, 0.3) is 5.56 Å². The Balaban J connectivity index is 1.54. The third-order valence-corrected chi connectivity index (χ3v) is 5.06. The van der Waals surface area contributed by atoms with Gasteiger partial charge in [-0.2, -0.15) is 0 Å². The molecule has 0 radical (unpaired) electrons. The van der Waals surface area contributed by atoms with E-state index in [1.165, 1.54) is 4.52 Å². The fourth-order valence-electron chi connectivity index (χ4n) is 2.97. The third-order valence-electron chi connectivity index (χ3n) is 4.32. The molecule has 128 valence electrons. The van der Waals surface area contributed by atoms with Gasteiger partial charge in [0, 0.05) is 35.8 Å². The maximum atomic E-state index is 12.6. The quantitative estimate of drug-likeness (QED) is 0.691. The monoisotopic (exact) mass is 355 g/mol. The molecule has 0 spiro atoms. The van der Waals surface area contributed by atoms with E-state index in [0.29, 0.717) is 24.2 Å². The second kappa shape index (κ2) is 6.29. The van der Waals surface area contributed by atoms with E-state index in [2.05, 4.69) is 15.4 Å². The number of H-pyrrole nitrogens is 1. The molecule has 25 heavy (non-hydrogen) atoms. The Morgan fingerprint density at radius 2 is 2.08 bits per heavy atom. The van der Waals surface area contributed by atoms with E-state index in [9.17, 15) is 9.59 Å². The van der Waals surface area contributed by atoms with E-state index in [1.54, 1.807) is 28.9 Å². The molecule has 3 heterocycles. The molecule has 7 nitrogen and oxygen atoms in total. The average Bonchev–Trinajstić information content (AvgIpc) is 3.11. The Morgan fingerprint density at radius 3 is 2.84 bits per heavy atom. The summed E-state index contributed by atoms with van der Waals surface area (Å²) in [6.45, 7) is 0.798. The number of carbonyl (C=O) groups is 1. The van der Waals surface area contributed by atoms with E-state index in [-0.39, 0.29) is 18.1 Å². The highest BCUT2D eigenvalue weighted by atomic mass is 32.2. The molecule has 0 saturated heterocycles. The van der Waals surface area contributed by atoms with Gasteiger partial charge in [0.2, 0.25) is 0 Å². The highest BCUT2D eigenvalue weighted by molar-refractivity contribution is 7.98. The first kappa shape index (κ1) is 15.8. The Morgan fingerprint density at radius 1 is 1.28 bits per heavy atom. The van der Waals surface area contributed by atoms with Gasteiger partial charge < -0.3 is 10.2 Å². The molecule has 2 amide bonds. The van der Waals surface area contributed by atoms with Crippen molar-refractivity contribution in [3.05, 3.63) is 58.1 Å². The van der Waals surface area contributed by atoms with Gasteiger partial charge >= 0.3 is 6.03 Å². The smallest absolute Gasteiger partial charge is 0.320 e. The molecule has 1 aliphatic heterocycles. The van der Waals surface area contributed by atoms with Crippen LogP contribution in [0.25, 0.3) is 5.65 Å². The number of aromatic amines is 1. The summed E-state index contributed by atoms with van der Waals surface area (Å²) in [5.41, 5.74) is 2.54. The standard InChI is InChI=1S/C17H17N5O2S/c1-25-12-4-2-11(3-5-12)19-17(24)21-9-7-14-13(10-21)16(23)22-15(20-14)6-8-18-22/h2-6,8,18H,7,9-10H2,1H3,(H,19,24). The fraction of sp³-hybridized carbons (Fsp3) is 0.235.